The van der Waals surface area contributed by atoms with Gasteiger partial charge in [0, 0.05) is 12.4 Å². The third-order valence-electron chi connectivity index (χ3n) is 1.76. The summed E-state index contributed by atoms with van der Waals surface area (Å²) >= 11 is 0. The molecule has 0 aromatic carbocycles. The van der Waals surface area contributed by atoms with Gasteiger partial charge in [-0.2, -0.15) is 0 Å². The second kappa shape index (κ2) is 4.98. The number of carbonyl (C=O) groups is 1. The van der Waals surface area contributed by atoms with E-state index in [2.05, 4.69) is 16.2 Å². The van der Waals surface area contributed by atoms with E-state index < -0.39 is 12.0 Å². The fraction of sp³-hybridized carbons (Fsp3) is 0.200. The maximum atomic E-state index is 10.8. The molecule has 0 bridgehead atoms. The van der Waals surface area contributed by atoms with Crippen molar-refractivity contribution in [3.8, 4) is 12.3 Å². The summed E-state index contributed by atoms with van der Waals surface area (Å²) in [5.74, 6) is 1.19. The van der Waals surface area contributed by atoms with E-state index in [0.717, 1.165) is 0 Å². The van der Waals surface area contributed by atoms with Gasteiger partial charge in [-0.15, -0.1) is 6.42 Å². The molecule has 15 heavy (non-hydrogen) atoms. The Labute approximate surface area is 86.8 Å². The number of nitrogens with zero attached hydrogens (tertiary/aromatic N) is 1. The number of carboxylic acids is 1. The maximum Gasteiger partial charge on any atom is 0.339 e. The number of aromatic carboxylic acids is 1. The van der Waals surface area contributed by atoms with E-state index in [9.17, 15) is 4.79 Å². The van der Waals surface area contributed by atoms with Crippen molar-refractivity contribution in [3.05, 3.63) is 24.0 Å². The molecule has 1 rings (SSSR count). The van der Waals surface area contributed by atoms with Crippen molar-refractivity contribution < 1.29 is 15.0 Å². The number of aliphatic hydroxyl groups excluding tert-OH is 1. The average molecular weight is 206 g/mol. The summed E-state index contributed by atoms with van der Waals surface area (Å²) in [6, 6.07) is 0.884. The molecule has 0 aliphatic heterocycles. The second-order valence-electron chi connectivity index (χ2n) is 2.77. The highest BCUT2D eigenvalue weighted by Gasteiger charge is 2.11. The van der Waals surface area contributed by atoms with E-state index in [1.54, 1.807) is 0 Å². The molecule has 1 atom stereocenters. The van der Waals surface area contributed by atoms with Crippen LogP contribution in [0.5, 0.6) is 0 Å². The topological polar surface area (TPSA) is 82.5 Å². The Kier molecular flexibility index (Phi) is 3.66. The Morgan fingerprint density at radius 2 is 2.47 bits per heavy atom. The molecule has 1 heterocycles. The van der Waals surface area contributed by atoms with Crippen molar-refractivity contribution in [1.82, 2.24) is 4.98 Å². The smallest absolute Gasteiger partial charge is 0.339 e. The van der Waals surface area contributed by atoms with Crippen molar-refractivity contribution in [2.24, 2.45) is 0 Å². The van der Waals surface area contributed by atoms with Crippen molar-refractivity contribution >= 4 is 11.7 Å². The number of carboxylic acid groups (broad SMARTS) is 1. The molecule has 0 radical (unpaired) electrons. The van der Waals surface area contributed by atoms with Crippen LogP contribution in [0.3, 0.4) is 0 Å². The lowest BCUT2D eigenvalue weighted by molar-refractivity contribution is 0.0697. The summed E-state index contributed by atoms with van der Waals surface area (Å²) in [4.78, 5) is 14.5. The van der Waals surface area contributed by atoms with Crippen LogP contribution in [-0.2, 0) is 0 Å². The van der Waals surface area contributed by atoms with Crippen LogP contribution < -0.4 is 5.32 Å². The zero-order valence-electron chi connectivity index (χ0n) is 7.84. The number of aromatic nitrogens is 1. The first-order chi connectivity index (χ1) is 7.19. The van der Waals surface area contributed by atoms with Gasteiger partial charge in [0.25, 0.3) is 0 Å². The Bertz CT molecular complexity index is 398. The standard InChI is InChI=1S/C10H10N2O3/c1-2-7(6-13)12-9-3-4-11-5-8(9)10(14)15/h1,3-5,7,13H,6H2,(H,11,12)(H,14,15). The Balaban J connectivity index is 2.94. The molecular weight excluding hydrogens is 196 g/mol. The summed E-state index contributed by atoms with van der Waals surface area (Å²) in [5.41, 5.74) is 0.362. The lowest BCUT2D eigenvalue weighted by Crippen LogP contribution is -2.22. The third-order valence-corrected chi connectivity index (χ3v) is 1.76. The van der Waals surface area contributed by atoms with Crippen LogP contribution >= 0.6 is 0 Å². The lowest BCUT2D eigenvalue weighted by Gasteiger charge is -2.12. The quantitative estimate of drug-likeness (QED) is 0.612. The second-order valence-corrected chi connectivity index (χ2v) is 2.77. The number of hydrogen-bond donors (Lipinski definition) is 3. The highest BCUT2D eigenvalue weighted by atomic mass is 16.4. The number of anilines is 1. The number of terminal acetylenes is 1. The molecule has 5 nitrogen and oxygen atoms in total. The molecule has 0 spiro atoms. The molecular formula is C10H10N2O3. The zero-order valence-corrected chi connectivity index (χ0v) is 7.84. The van der Waals surface area contributed by atoms with Gasteiger partial charge < -0.3 is 15.5 Å². The lowest BCUT2D eigenvalue weighted by atomic mass is 10.2. The minimum Gasteiger partial charge on any atom is -0.478 e. The summed E-state index contributed by atoms with van der Waals surface area (Å²) < 4.78 is 0. The fourth-order valence-electron chi connectivity index (χ4n) is 1.02. The van der Waals surface area contributed by atoms with Gasteiger partial charge in [0.05, 0.1) is 12.3 Å². The average Bonchev–Trinajstić information content (AvgIpc) is 2.26. The van der Waals surface area contributed by atoms with Crippen LogP contribution in [0.1, 0.15) is 10.4 Å². The predicted octanol–water partition coefficient (Wildman–Crippen LogP) is 0.186. The van der Waals surface area contributed by atoms with E-state index in [0.29, 0.717) is 5.69 Å². The van der Waals surface area contributed by atoms with Gasteiger partial charge >= 0.3 is 5.97 Å². The number of hydrogen-bond acceptors (Lipinski definition) is 4. The first kappa shape index (κ1) is 11.0. The molecule has 1 aromatic rings. The van der Waals surface area contributed by atoms with Gasteiger partial charge in [-0.3, -0.25) is 4.98 Å². The van der Waals surface area contributed by atoms with Crippen LogP contribution in [0.4, 0.5) is 5.69 Å². The van der Waals surface area contributed by atoms with E-state index in [4.69, 9.17) is 16.6 Å². The van der Waals surface area contributed by atoms with Crippen LogP contribution in [0.15, 0.2) is 18.5 Å². The molecule has 3 N–H and O–H groups in total. The maximum absolute atomic E-state index is 10.8. The zero-order chi connectivity index (χ0) is 11.3. The summed E-state index contributed by atoms with van der Waals surface area (Å²) in [6.07, 6.45) is 7.78. The van der Waals surface area contributed by atoms with Crippen LogP contribution in [-0.4, -0.2) is 33.8 Å². The van der Waals surface area contributed by atoms with Gasteiger partial charge in [-0.1, -0.05) is 5.92 Å². The van der Waals surface area contributed by atoms with Crippen molar-refractivity contribution in [2.75, 3.05) is 11.9 Å². The highest BCUT2D eigenvalue weighted by molar-refractivity contribution is 5.93. The summed E-state index contributed by atoms with van der Waals surface area (Å²) in [6.45, 7) is -0.266. The van der Waals surface area contributed by atoms with Crippen LogP contribution in [0, 0.1) is 12.3 Å². The number of pyridine rings is 1. The molecule has 0 saturated heterocycles. The Morgan fingerprint density at radius 3 is 3.00 bits per heavy atom. The first-order valence-electron chi connectivity index (χ1n) is 4.20. The normalized spacial score (nSPS) is 11.5. The molecule has 0 saturated carbocycles. The van der Waals surface area contributed by atoms with E-state index in [-0.39, 0.29) is 12.2 Å². The van der Waals surface area contributed by atoms with Crippen molar-refractivity contribution in [3.63, 3.8) is 0 Å². The number of nitrogens with one attached hydrogen (secondary N) is 1. The molecule has 0 aliphatic carbocycles. The Morgan fingerprint density at radius 1 is 1.73 bits per heavy atom. The van der Waals surface area contributed by atoms with Gasteiger partial charge in [-0.05, 0) is 6.07 Å². The summed E-state index contributed by atoms with van der Waals surface area (Å²) in [5, 5.41) is 20.4. The minimum atomic E-state index is -1.10. The van der Waals surface area contributed by atoms with Gasteiger partial charge in [0.15, 0.2) is 0 Å². The van der Waals surface area contributed by atoms with Gasteiger partial charge in [0.2, 0.25) is 0 Å². The van der Waals surface area contributed by atoms with Crippen molar-refractivity contribution in [2.45, 2.75) is 6.04 Å². The molecule has 0 amide bonds. The Hall–Kier alpha value is -2.06. The minimum absolute atomic E-state index is 0.0196. The highest BCUT2D eigenvalue weighted by Crippen LogP contribution is 2.14. The first-order valence-corrected chi connectivity index (χ1v) is 4.20. The monoisotopic (exact) mass is 206 g/mol. The fourth-order valence-corrected chi connectivity index (χ4v) is 1.02. The van der Waals surface area contributed by atoms with Crippen molar-refractivity contribution in [1.29, 1.82) is 0 Å². The van der Waals surface area contributed by atoms with Crippen LogP contribution in [0.2, 0.25) is 0 Å². The van der Waals surface area contributed by atoms with Gasteiger partial charge in [0.1, 0.15) is 11.6 Å². The SMILES string of the molecule is C#CC(CO)Nc1ccncc1C(=O)O. The molecule has 1 aromatic heterocycles. The molecule has 0 aliphatic rings. The largest absolute Gasteiger partial charge is 0.478 e. The number of rotatable bonds is 4. The number of aliphatic hydroxyl groups is 1. The van der Waals surface area contributed by atoms with E-state index in [1.165, 1.54) is 18.5 Å². The molecule has 0 fully saturated rings. The summed E-state index contributed by atoms with van der Waals surface area (Å²) in [7, 11) is 0. The molecule has 78 valence electrons. The van der Waals surface area contributed by atoms with Gasteiger partial charge in [-0.25, -0.2) is 4.79 Å². The van der Waals surface area contributed by atoms with E-state index in [1.807, 2.05) is 0 Å². The molecule has 5 heteroatoms. The molecule has 1 unspecified atom stereocenters. The van der Waals surface area contributed by atoms with E-state index >= 15 is 0 Å². The third kappa shape index (κ3) is 2.69. The van der Waals surface area contributed by atoms with Crippen LogP contribution in [0.25, 0.3) is 0 Å². The predicted molar refractivity (Wildman–Crippen MR) is 54.5 cm³/mol.